The van der Waals surface area contributed by atoms with Crippen molar-refractivity contribution in [3.8, 4) is 0 Å². The Labute approximate surface area is 105 Å². The summed E-state index contributed by atoms with van der Waals surface area (Å²) in [5.41, 5.74) is -0.121. The molecule has 7 heteroatoms. The summed E-state index contributed by atoms with van der Waals surface area (Å²) in [4.78, 5) is 9.97. The lowest BCUT2D eigenvalue weighted by Gasteiger charge is -2.12. The van der Waals surface area contributed by atoms with Gasteiger partial charge in [-0.2, -0.15) is 0 Å². The topological polar surface area (TPSA) is 89.3 Å². The number of nitrogens with one attached hydrogen (secondary N) is 1. The number of non-ortho nitro benzene ring substituents is 1. The second-order valence-electron chi connectivity index (χ2n) is 4.50. The third-order valence-corrected chi connectivity index (χ3v) is 4.60. The van der Waals surface area contributed by atoms with Crippen molar-refractivity contribution in [3.63, 3.8) is 0 Å². The van der Waals surface area contributed by atoms with E-state index < -0.39 is 14.9 Å². The van der Waals surface area contributed by atoms with Gasteiger partial charge in [-0.1, -0.05) is 0 Å². The van der Waals surface area contributed by atoms with Crippen LogP contribution in [0.3, 0.4) is 0 Å². The van der Waals surface area contributed by atoms with E-state index in [-0.39, 0.29) is 16.6 Å². The molecule has 0 heterocycles. The summed E-state index contributed by atoms with van der Waals surface area (Å²) < 4.78 is 26.5. The zero-order valence-corrected chi connectivity index (χ0v) is 10.7. The monoisotopic (exact) mass is 270 g/mol. The first kappa shape index (κ1) is 13.0. The molecule has 1 fully saturated rings. The number of sulfonamides is 1. The van der Waals surface area contributed by atoms with Crippen LogP contribution in [0.4, 0.5) is 5.69 Å². The van der Waals surface area contributed by atoms with E-state index in [4.69, 9.17) is 0 Å². The number of nitro benzene ring substituents is 1. The van der Waals surface area contributed by atoms with E-state index in [9.17, 15) is 18.5 Å². The molecule has 0 amide bonds. The summed E-state index contributed by atoms with van der Waals surface area (Å²) in [6, 6.07) is 4.79. The van der Waals surface area contributed by atoms with Gasteiger partial charge < -0.3 is 0 Å². The van der Waals surface area contributed by atoms with E-state index >= 15 is 0 Å². The van der Waals surface area contributed by atoms with Crippen molar-refractivity contribution < 1.29 is 13.3 Å². The third-order valence-electron chi connectivity index (χ3n) is 3.03. The van der Waals surface area contributed by atoms with Gasteiger partial charge >= 0.3 is 0 Å². The molecule has 18 heavy (non-hydrogen) atoms. The fourth-order valence-corrected chi connectivity index (χ4v) is 3.06. The molecule has 0 saturated heterocycles. The minimum Gasteiger partial charge on any atom is -0.258 e. The average Bonchev–Trinajstić information content (AvgIpc) is 3.12. The first-order valence-electron chi connectivity index (χ1n) is 5.67. The predicted molar refractivity (Wildman–Crippen MR) is 65.6 cm³/mol. The van der Waals surface area contributed by atoms with Gasteiger partial charge in [0.05, 0.1) is 9.82 Å². The SMILES string of the molecule is CC(NS(=O)(=O)c1ccc([N+](=O)[O-])cc1)C1CC1. The number of hydrogen-bond acceptors (Lipinski definition) is 4. The van der Waals surface area contributed by atoms with Crippen LogP contribution in [-0.2, 0) is 10.0 Å². The molecule has 1 aromatic carbocycles. The van der Waals surface area contributed by atoms with E-state index in [2.05, 4.69) is 4.72 Å². The average molecular weight is 270 g/mol. The summed E-state index contributed by atoms with van der Waals surface area (Å²) in [5, 5.41) is 10.5. The molecule has 1 aliphatic rings. The molecule has 1 atom stereocenters. The van der Waals surface area contributed by atoms with Crippen LogP contribution in [0.15, 0.2) is 29.2 Å². The highest BCUT2D eigenvalue weighted by Crippen LogP contribution is 2.33. The molecule has 6 nitrogen and oxygen atoms in total. The normalized spacial score (nSPS) is 17.4. The summed E-state index contributed by atoms with van der Waals surface area (Å²) >= 11 is 0. The second kappa shape index (κ2) is 4.66. The minimum atomic E-state index is -3.58. The fraction of sp³-hybridized carbons (Fsp3) is 0.455. The van der Waals surface area contributed by atoms with Crippen LogP contribution in [0.2, 0.25) is 0 Å². The minimum absolute atomic E-state index is 0.0561. The molecular formula is C11H14N2O4S. The van der Waals surface area contributed by atoms with Crippen molar-refractivity contribution in [1.29, 1.82) is 0 Å². The quantitative estimate of drug-likeness (QED) is 0.651. The summed E-state index contributed by atoms with van der Waals surface area (Å²) in [7, 11) is -3.58. The lowest BCUT2D eigenvalue weighted by molar-refractivity contribution is -0.384. The predicted octanol–water partition coefficient (Wildman–Crippen LogP) is 1.67. The molecule has 2 rings (SSSR count). The zero-order valence-electron chi connectivity index (χ0n) is 9.87. The van der Waals surface area contributed by atoms with Crippen LogP contribution in [-0.4, -0.2) is 19.4 Å². The van der Waals surface area contributed by atoms with Crippen molar-refractivity contribution in [2.45, 2.75) is 30.7 Å². The van der Waals surface area contributed by atoms with E-state index in [1.54, 1.807) is 0 Å². The number of rotatable bonds is 5. The second-order valence-corrected chi connectivity index (χ2v) is 6.21. The lowest BCUT2D eigenvalue weighted by Crippen LogP contribution is -2.33. The highest BCUT2D eigenvalue weighted by atomic mass is 32.2. The molecule has 0 bridgehead atoms. The van der Waals surface area contributed by atoms with Crippen LogP contribution in [0.25, 0.3) is 0 Å². The Bertz CT molecular complexity index is 549. The standard InChI is InChI=1S/C11H14N2O4S/c1-8(9-2-3-9)12-18(16,17)11-6-4-10(5-7-11)13(14)15/h4-9,12H,2-3H2,1H3. The first-order valence-corrected chi connectivity index (χ1v) is 7.15. The lowest BCUT2D eigenvalue weighted by atomic mass is 10.2. The maximum atomic E-state index is 12.0. The van der Waals surface area contributed by atoms with Crippen molar-refractivity contribution in [2.75, 3.05) is 0 Å². The van der Waals surface area contributed by atoms with Crippen molar-refractivity contribution >= 4 is 15.7 Å². The molecule has 1 saturated carbocycles. The summed E-state index contributed by atoms with van der Waals surface area (Å²) in [6.07, 6.45) is 2.09. The van der Waals surface area contributed by atoms with Crippen LogP contribution < -0.4 is 4.72 Å². The van der Waals surface area contributed by atoms with Gasteiger partial charge in [-0.25, -0.2) is 13.1 Å². The van der Waals surface area contributed by atoms with Crippen LogP contribution in [0, 0.1) is 16.0 Å². The Hall–Kier alpha value is -1.47. The Morgan fingerprint density at radius 3 is 2.33 bits per heavy atom. The van der Waals surface area contributed by atoms with Gasteiger partial charge in [0.25, 0.3) is 5.69 Å². The molecule has 0 radical (unpaired) electrons. The van der Waals surface area contributed by atoms with Crippen LogP contribution in [0.1, 0.15) is 19.8 Å². The van der Waals surface area contributed by atoms with Gasteiger partial charge in [0.1, 0.15) is 0 Å². The van der Waals surface area contributed by atoms with Gasteiger partial charge in [-0.05, 0) is 37.8 Å². The van der Waals surface area contributed by atoms with Crippen molar-refractivity contribution in [2.24, 2.45) is 5.92 Å². The van der Waals surface area contributed by atoms with Crippen LogP contribution >= 0.6 is 0 Å². The molecule has 0 aromatic heterocycles. The molecular weight excluding hydrogens is 256 g/mol. The Kier molecular flexibility index (Phi) is 3.36. The molecule has 1 unspecified atom stereocenters. The number of benzene rings is 1. The molecule has 1 N–H and O–H groups in total. The van der Waals surface area contributed by atoms with Gasteiger partial charge in [0, 0.05) is 18.2 Å². The highest BCUT2D eigenvalue weighted by molar-refractivity contribution is 7.89. The molecule has 1 aliphatic carbocycles. The van der Waals surface area contributed by atoms with Crippen LogP contribution in [0.5, 0.6) is 0 Å². The Morgan fingerprint density at radius 2 is 1.89 bits per heavy atom. The summed E-state index contributed by atoms with van der Waals surface area (Å²) in [6.45, 7) is 1.83. The molecule has 98 valence electrons. The zero-order chi connectivity index (χ0) is 13.3. The number of nitrogens with zero attached hydrogens (tertiary/aromatic N) is 1. The Morgan fingerprint density at radius 1 is 1.33 bits per heavy atom. The van der Waals surface area contributed by atoms with Gasteiger partial charge in [-0.3, -0.25) is 10.1 Å². The van der Waals surface area contributed by atoms with E-state index in [0.29, 0.717) is 5.92 Å². The Balaban J connectivity index is 2.15. The smallest absolute Gasteiger partial charge is 0.258 e. The highest BCUT2D eigenvalue weighted by Gasteiger charge is 2.31. The number of hydrogen-bond donors (Lipinski definition) is 1. The largest absolute Gasteiger partial charge is 0.269 e. The van der Waals surface area contributed by atoms with Gasteiger partial charge in [0.2, 0.25) is 10.0 Å². The molecule has 1 aromatic rings. The molecule has 0 spiro atoms. The first-order chi connectivity index (χ1) is 8.40. The maximum absolute atomic E-state index is 12.0. The third kappa shape index (κ3) is 2.85. The number of nitro groups is 1. The van der Waals surface area contributed by atoms with Gasteiger partial charge in [-0.15, -0.1) is 0 Å². The fourth-order valence-electron chi connectivity index (χ4n) is 1.75. The van der Waals surface area contributed by atoms with E-state index in [1.807, 2.05) is 6.92 Å². The van der Waals surface area contributed by atoms with Crippen molar-refractivity contribution in [1.82, 2.24) is 4.72 Å². The maximum Gasteiger partial charge on any atom is 0.269 e. The summed E-state index contributed by atoms with van der Waals surface area (Å²) in [5.74, 6) is 0.415. The van der Waals surface area contributed by atoms with Gasteiger partial charge in [0.15, 0.2) is 0 Å². The molecule has 0 aliphatic heterocycles. The van der Waals surface area contributed by atoms with Crippen molar-refractivity contribution in [3.05, 3.63) is 34.4 Å². The van der Waals surface area contributed by atoms with E-state index in [0.717, 1.165) is 12.8 Å². The van der Waals surface area contributed by atoms with E-state index in [1.165, 1.54) is 24.3 Å².